The lowest BCUT2D eigenvalue weighted by atomic mass is 9.76. The van der Waals surface area contributed by atoms with E-state index in [1.54, 1.807) is 4.68 Å². The van der Waals surface area contributed by atoms with Crippen LogP contribution in [0, 0.1) is 5.92 Å². The summed E-state index contributed by atoms with van der Waals surface area (Å²) in [5.41, 5.74) is 7.27. The zero-order valence-corrected chi connectivity index (χ0v) is 12.8. The van der Waals surface area contributed by atoms with Gasteiger partial charge in [0.25, 0.3) is 5.91 Å². The highest BCUT2D eigenvalue weighted by Crippen LogP contribution is 2.31. The molecule has 1 heterocycles. The maximum Gasteiger partial charge on any atom is 0.270 e. The van der Waals surface area contributed by atoms with Crippen molar-refractivity contribution in [2.45, 2.75) is 51.5 Å². The fraction of sp³-hybridized carbons (Fsp3) is 0.733. The van der Waals surface area contributed by atoms with Crippen LogP contribution in [0.3, 0.4) is 0 Å². The summed E-state index contributed by atoms with van der Waals surface area (Å²) in [6, 6.07) is 1.87. The van der Waals surface area contributed by atoms with E-state index in [0.29, 0.717) is 18.2 Å². The van der Waals surface area contributed by atoms with E-state index in [1.165, 1.54) is 6.42 Å². The lowest BCUT2D eigenvalue weighted by Gasteiger charge is -2.39. The minimum Gasteiger partial charge on any atom is -0.344 e. The second-order valence-electron chi connectivity index (χ2n) is 6.14. The zero-order chi connectivity index (χ0) is 14.8. The molecule has 1 saturated carbocycles. The number of aromatic nitrogens is 2. The molecule has 1 fully saturated rings. The van der Waals surface area contributed by atoms with Crippen molar-refractivity contribution in [2.24, 2.45) is 18.7 Å². The number of aryl methyl sites for hydroxylation is 2. The van der Waals surface area contributed by atoms with Crippen molar-refractivity contribution >= 4 is 5.91 Å². The number of nitrogens with one attached hydrogen (secondary N) is 1. The number of nitrogens with two attached hydrogens (primary N) is 1. The van der Waals surface area contributed by atoms with Crippen LogP contribution < -0.4 is 11.1 Å². The molecule has 0 aromatic carbocycles. The summed E-state index contributed by atoms with van der Waals surface area (Å²) in [6.45, 7) is 4.77. The van der Waals surface area contributed by atoms with Crippen molar-refractivity contribution in [3.8, 4) is 0 Å². The summed E-state index contributed by atoms with van der Waals surface area (Å²) >= 11 is 0. The molecular weight excluding hydrogens is 252 g/mol. The number of amides is 1. The van der Waals surface area contributed by atoms with Crippen LogP contribution in [0.4, 0.5) is 0 Å². The second-order valence-corrected chi connectivity index (χ2v) is 6.14. The van der Waals surface area contributed by atoms with Crippen molar-refractivity contribution in [1.82, 2.24) is 15.1 Å². The van der Waals surface area contributed by atoms with Gasteiger partial charge < -0.3 is 11.1 Å². The predicted octanol–water partition coefficient (Wildman–Crippen LogP) is 1.62. The molecule has 0 aliphatic heterocycles. The summed E-state index contributed by atoms with van der Waals surface area (Å²) in [5, 5.41) is 7.51. The number of rotatable bonds is 4. The fourth-order valence-corrected chi connectivity index (χ4v) is 3.23. The third-order valence-corrected chi connectivity index (χ3v) is 4.39. The van der Waals surface area contributed by atoms with Crippen LogP contribution >= 0.6 is 0 Å². The number of carbonyl (C=O) groups excluding carboxylic acids is 1. The fourth-order valence-electron chi connectivity index (χ4n) is 3.23. The van der Waals surface area contributed by atoms with Crippen molar-refractivity contribution in [3.63, 3.8) is 0 Å². The average Bonchev–Trinajstić information content (AvgIpc) is 2.80. The molecule has 1 aliphatic rings. The zero-order valence-electron chi connectivity index (χ0n) is 12.8. The van der Waals surface area contributed by atoms with Gasteiger partial charge in [-0.3, -0.25) is 9.48 Å². The maximum absolute atomic E-state index is 12.5. The lowest BCUT2D eigenvalue weighted by molar-refractivity contribution is 0.0844. The molecule has 1 aliphatic carbocycles. The van der Waals surface area contributed by atoms with Crippen molar-refractivity contribution in [1.29, 1.82) is 0 Å². The molecule has 3 N–H and O–H groups in total. The number of hydrogen-bond donors (Lipinski definition) is 2. The van der Waals surface area contributed by atoms with Crippen LogP contribution in [-0.4, -0.2) is 27.8 Å². The highest BCUT2D eigenvalue weighted by molar-refractivity contribution is 5.93. The van der Waals surface area contributed by atoms with Crippen molar-refractivity contribution < 1.29 is 4.79 Å². The third kappa shape index (κ3) is 3.03. The number of carbonyl (C=O) groups is 1. The highest BCUT2D eigenvalue weighted by Gasteiger charge is 2.35. The van der Waals surface area contributed by atoms with Gasteiger partial charge in [-0.25, -0.2) is 0 Å². The van der Waals surface area contributed by atoms with Crippen LogP contribution in [0.2, 0.25) is 0 Å². The van der Waals surface area contributed by atoms with Crippen molar-refractivity contribution in [2.75, 3.05) is 6.54 Å². The molecule has 5 nitrogen and oxygen atoms in total. The van der Waals surface area contributed by atoms with E-state index in [9.17, 15) is 4.79 Å². The molecule has 0 spiro atoms. The molecule has 1 aromatic heterocycles. The molecule has 2 unspecified atom stereocenters. The largest absolute Gasteiger partial charge is 0.344 e. The van der Waals surface area contributed by atoms with E-state index in [2.05, 4.69) is 17.3 Å². The Kier molecular flexibility index (Phi) is 4.48. The molecule has 0 bridgehead atoms. The molecule has 5 heteroatoms. The Morgan fingerprint density at radius 3 is 2.95 bits per heavy atom. The van der Waals surface area contributed by atoms with Gasteiger partial charge in [-0.1, -0.05) is 26.7 Å². The predicted molar refractivity (Wildman–Crippen MR) is 79.5 cm³/mol. The second kappa shape index (κ2) is 5.95. The van der Waals surface area contributed by atoms with E-state index in [-0.39, 0.29) is 11.4 Å². The molecular formula is C15H26N4O. The van der Waals surface area contributed by atoms with Gasteiger partial charge in [0.05, 0.1) is 11.2 Å². The Morgan fingerprint density at radius 2 is 2.40 bits per heavy atom. The number of hydrogen-bond acceptors (Lipinski definition) is 3. The Morgan fingerprint density at radius 1 is 1.65 bits per heavy atom. The average molecular weight is 278 g/mol. The maximum atomic E-state index is 12.5. The Bertz CT molecular complexity index is 482. The first kappa shape index (κ1) is 15.0. The van der Waals surface area contributed by atoms with Gasteiger partial charge in [0.1, 0.15) is 5.69 Å². The molecule has 2 atom stereocenters. The van der Waals surface area contributed by atoms with Gasteiger partial charge in [-0.2, -0.15) is 5.10 Å². The minimum atomic E-state index is -0.245. The minimum absolute atomic E-state index is 0.0562. The van der Waals surface area contributed by atoms with Crippen LogP contribution in [0.25, 0.3) is 0 Å². The smallest absolute Gasteiger partial charge is 0.270 e. The quantitative estimate of drug-likeness (QED) is 0.879. The van der Waals surface area contributed by atoms with Crippen LogP contribution in [0.15, 0.2) is 6.07 Å². The first-order chi connectivity index (χ1) is 9.49. The molecule has 2 rings (SSSR count). The van der Waals surface area contributed by atoms with Gasteiger partial charge in [-0.05, 0) is 31.2 Å². The normalized spacial score (nSPS) is 26.5. The van der Waals surface area contributed by atoms with Gasteiger partial charge in [0.2, 0.25) is 0 Å². The highest BCUT2D eigenvalue weighted by atomic mass is 16.2. The third-order valence-electron chi connectivity index (χ3n) is 4.39. The standard InChI is InChI=1S/C15H26N4O/c1-4-12-8-13(19(3)18-12)14(20)17-15(10-16)7-5-6-11(2)9-15/h8,11H,4-7,9-10,16H2,1-3H3,(H,17,20). The Labute approximate surface area is 120 Å². The lowest BCUT2D eigenvalue weighted by Crippen LogP contribution is -2.56. The first-order valence-electron chi connectivity index (χ1n) is 7.55. The van der Waals surface area contributed by atoms with E-state index in [4.69, 9.17) is 5.73 Å². The van der Waals surface area contributed by atoms with E-state index in [1.807, 2.05) is 20.0 Å². The van der Waals surface area contributed by atoms with Gasteiger partial charge in [-0.15, -0.1) is 0 Å². The van der Waals surface area contributed by atoms with Crippen LogP contribution in [0.1, 0.15) is 55.7 Å². The molecule has 1 amide bonds. The summed E-state index contributed by atoms with van der Waals surface area (Å²) in [7, 11) is 1.81. The number of nitrogens with zero attached hydrogens (tertiary/aromatic N) is 2. The summed E-state index contributed by atoms with van der Waals surface area (Å²) in [5.74, 6) is 0.560. The summed E-state index contributed by atoms with van der Waals surface area (Å²) in [6.07, 6.45) is 5.12. The van der Waals surface area contributed by atoms with Crippen molar-refractivity contribution in [3.05, 3.63) is 17.5 Å². The van der Waals surface area contributed by atoms with Gasteiger partial charge in [0, 0.05) is 13.6 Å². The van der Waals surface area contributed by atoms with Crippen LogP contribution in [-0.2, 0) is 13.5 Å². The molecule has 0 radical (unpaired) electrons. The molecule has 20 heavy (non-hydrogen) atoms. The molecule has 112 valence electrons. The first-order valence-corrected chi connectivity index (χ1v) is 7.55. The van der Waals surface area contributed by atoms with Gasteiger partial charge >= 0.3 is 0 Å². The van der Waals surface area contributed by atoms with E-state index < -0.39 is 0 Å². The molecule has 1 aromatic rings. The summed E-state index contributed by atoms with van der Waals surface area (Å²) in [4.78, 5) is 12.5. The van der Waals surface area contributed by atoms with Crippen LogP contribution in [0.5, 0.6) is 0 Å². The topological polar surface area (TPSA) is 72.9 Å². The SMILES string of the molecule is CCc1cc(C(=O)NC2(CN)CCCC(C)C2)n(C)n1. The van der Waals surface area contributed by atoms with Gasteiger partial charge in [0.15, 0.2) is 0 Å². The van der Waals surface area contributed by atoms with E-state index >= 15 is 0 Å². The van der Waals surface area contributed by atoms with E-state index in [0.717, 1.165) is 31.4 Å². The molecule has 0 saturated heterocycles. The Hall–Kier alpha value is -1.36. The monoisotopic (exact) mass is 278 g/mol. The Balaban J connectivity index is 2.14. The summed E-state index contributed by atoms with van der Waals surface area (Å²) < 4.78 is 1.66.